The monoisotopic (exact) mass is 252 g/mol. The normalized spacial score (nSPS) is 10.3. The third-order valence-electron chi connectivity index (χ3n) is 1.84. The summed E-state index contributed by atoms with van der Waals surface area (Å²) in [4.78, 5) is 0. The Balaban J connectivity index is 2.29. The van der Waals surface area contributed by atoms with Crippen molar-refractivity contribution in [2.45, 2.75) is 5.16 Å². The largest absolute Gasteiger partial charge is 0.214 e. The van der Waals surface area contributed by atoms with Gasteiger partial charge in [0.1, 0.15) is 0 Å². The molecule has 0 amide bonds. The average Bonchev–Trinajstić information content (AvgIpc) is 2.75. The molecule has 6 heteroatoms. The van der Waals surface area contributed by atoms with Gasteiger partial charge >= 0.3 is 0 Å². The zero-order chi connectivity index (χ0) is 11.4. The number of hydrogen-bond acceptors (Lipinski definition) is 4. The van der Waals surface area contributed by atoms with Crippen LogP contribution in [0.4, 0.5) is 0 Å². The molecular formula is C10H9ClN4S. The Hall–Kier alpha value is -1.33. The van der Waals surface area contributed by atoms with Crippen LogP contribution in [0.5, 0.6) is 0 Å². The van der Waals surface area contributed by atoms with Gasteiger partial charge in [0.25, 0.3) is 0 Å². The van der Waals surface area contributed by atoms with Crippen molar-refractivity contribution in [3.63, 3.8) is 0 Å². The number of tetrazole rings is 1. The van der Waals surface area contributed by atoms with Crippen molar-refractivity contribution < 1.29 is 0 Å². The molecule has 1 heterocycles. The van der Waals surface area contributed by atoms with Crippen LogP contribution in [0, 0.1) is 0 Å². The van der Waals surface area contributed by atoms with Gasteiger partial charge in [-0.1, -0.05) is 29.4 Å². The first-order chi connectivity index (χ1) is 7.81. The molecule has 0 aliphatic rings. The molecule has 0 fully saturated rings. The number of thioether (sulfide) groups is 1. The highest BCUT2D eigenvalue weighted by Gasteiger charge is 2.07. The van der Waals surface area contributed by atoms with E-state index in [2.05, 4.69) is 22.1 Å². The maximum absolute atomic E-state index is 5.82. The van der Waals surface area contributed by atoms with E-state index in [4.69, 9.17) is 11.6 Å². The predicted octanol–water partition coefficient (Wildman–Crippen LogP) is 2.59. The molecule has 1 aromatic carbocycles. The molecule has 16 heavy (non-hydrogen) atoms. The molecule has 0 radical (unpaired) electrons. The third-order valence-corrected chi connectivity index (χ3v) is 3.01. The fraction of sp³-hybridized carbons (Fsp3) is 0.100. The van der Waals surface area contributed by atoms with Crippen LogP contribution in [0.2, 0.25) is 5.02 Å². The van der Waals surface area contributed by atoms with Gasteiger partial charge in [-0.25, -0.2) is 0 Å². The second-order valence-electron chi connectivity index (χ2n) is 2.95. The minimum atomic E-state index is 0.692. The summed E-state index contributed by atoms with van der Waals surface area (Å²) in [5.41, 5.74) is 0.890. The molecule has 4 nitrogen and oxygen atoms in total. The minimum absolute atomic E-state index is 0.692. The fourth-order valence-electron chi connectivity index (χ4n) is 1.15. The molecule has 2 rings (SSSR count). The number of hydrogen-bond donors (Lipinski definition) is 0. The van der Waals surface area contributed by atoms with E-state index in [1.165, 1.54) is 11.8 Å². The van der Waals surface area contributed by atoms with E-state index in [1.54, 1.807) is 16.8 Å². The molecule has 0 atom stereocenters. The van der Waals surface area contributed by atoms with Crippen LogP contribution < -0.4 is 0 Å². The van der Waals surface area contributed by atoms with Crippen LogP contribution in [-0.4, -0.2) is 26.0 Å². The molecular weight excluding hydrogens is 244 g/mol. The lowest BCUT2D eigenvalue weighted by molar-refractivity contribution is 0.757. The molecule has 2 aromatic rings. The second-order valence-corrected chi connectivity index (χ2v) is 4.37. The van der Waals surface area contributed by atoms with Crippen LogP contribution in [0.25, 0.3) is 5.69 Å². The lowest BCUT2D eigenvalue weighted by Gasteiger charge is -2.02. The first-order valence-corrected chi connectivity index (χ1v) is 5.95. The summed E-state index contributed by atoms with van der Waals surface area (Å²) in [5, 5.41) is 12.9. The van der Waals surface area contributed by atoms with Crippen molar-refractivity contribution in [1.29, 1.82) is 0 Å². The van der Waals surface area contributed by atoms with Gasteiger partial charge in [-0.3, -0.25) is 0 Å². The lowest BCUT2D eigenvalue weighted by Crippen LogP contribution is -1.98. The molecule has 0 bridgehead atoms. The zero-order valence-corrected chi connectivity index (χ0v) is 9.95. The van der Waals surface area contributed by atoms with Gasteiger partial charge < -0.3 is 0 Å². The van der Waals surface area contributed by atoms with Crippen LogP contribution in [0.3, 0.4) is 0 Å². The smallest absolute Gasteiger partial charge is 0.187 e. The Kier molecular flexibility index (Phi) is 3.58. The summed E-state index contributed by atoms with van der Waals surface area (Å²) in [6.45, 7) is 3.66. The molecule has 0 N–H and O–H groups in total. The van der Waals surface area contributed by atoms with Crippen molar-refractivity contribution >= 4 is 23.4 Å². The molecule has 82 valence electrons. The number of rotatable bonds is 4. The SMILES string of the molecule is C=CCSc1nnnn1-c1ccc(Cl)cc1. The molecule has 0 aliphatic heterocycles. The van der Waals surface area contributed by atoms with E-state index in [1.807, 2.05) is 18.2 Å². The van der Waals surface area contributed by atoms with Crippen LogP contribution in [0.15, 0.2) is 42.1 Å². The van der Waals surface area contributed by atoms with Crippen molar-refractivity contribution in [3.8, 4) is 5.69 Å². The van der Waals surface area contributed by atoms with E-state index in [0.717, 1.165) is 16.6 Å². The Morgan fingerprint density at radius 3 is 2.81 bits per heavy atom. The van der Waals surface area contributed by atoms with Gasteiger partial charge in [-0.05, 0) is 34.7 Å². The Labute approximate surface area is 102 Å². The predicted molar refractivity (Wildman–Crippen MR) is 65.1 cm³/mol. The Morgan fingerprint density at radius 2 is 2.12 bits per heavy atom. The fourth-order valence-corrected chi connectivity index (χ4v) is 1.90. The highest BCUT2D eigenvalue weighted by Crippen LogP contribution is 2.19. The molecule has 0 saturated heterocycles. The Morgan fingerprint density at radius 1 is 1.38 bits per heavy atom. The minimum Gasteiger partial charge on any atom is -0.187 e. The maximum Gasteiger partial charge on any atom is 0.214 e. The van der Waals surface area contributed by atoms with Crippen LogP contribution in [0.1, 0.15) is 0 Å². The summed E-state index contributed by atoms with van der Waals surface area (Å²) in [6.07, 6.45) is 1.81. The van der Waals surface area contributed by atoms with Crippen LogP contribution in [-0.2, 0) is 0 Å². The average molecular weight is 253 g/mol. The van der Waals surface area contributed by atoms with E-state index < -0.39 is 0 Å². The maximum atomic E-state index is 5.82. The zero-order valence-electron chi connectivity index (χ0n) is 8.38. The van der Waals surface area contributed by atoms with E-state index in [9.17, 15) is 0 Å². The van der Waals surface area contributed by atoms with Crippen molar-refractivity contribution in [2.24, 2.45) is 0 Å². The molecule has 0 aliphatic carbocycles. The van der Waals surface area contributed by atoms with Crippen LogP contribution >= 0.6 is 23.4 Å². The lowest BCUT2D eigenvalue weighted by atomic mass is 10.3. The van der Waals surface area contributed by atoms with E-state index in [-0.39, 0.29) is 0 Å². The number of halogens is 1. The molecule has 0 saturated carbocycles. The summed E-state index contributed by atoms with van der Waals surface area (Å²) in [6, 6.07) is 7.36. The third kappa shape index (κ3) is 2.43. The Bertz CT molecular complexity index is 480. The van der Waals surface area contributed by atoms with Crippen molar-refractivity contribution in [2.75, 3.05) is 5.75 Å². The summed E-state index contributed by atoms with van der Waals surface area (Å²) in [5.74, 6) is 0.772. The quantitative estimate of drug-likeness (QED) is 0.620. The highest BCUT2D eigenvalue weighted by atomic mass is 35.5. The van der Waals surface area contributed by atoms with Gasteiger partial charge in [0.15, 0.2) is 0 Å². The summed E-state index contributed by atoms with van der Waals surface area (Å²) >= 11 is 7.35. The first kappa shape index (κ1) is 11.2. The number of benzene rings is 1. The van der Waals surface area contributed by atoms with Gasteiger partial charge in [0.05, 0.1) is 5.69 Å². The standard InChI is InChI=1S/C10H9ClN4S/c1-2-7-16-10-12-13-14-15(10)9-5-3-8(11)4-6-9/h2-6H,1,7H2. The van der Waals surface area contributed by atoms with E-state index >= 15 is 0 Å². The molecule has 0 spiro atoms. The second kappa shape index (κ2) is 5.14. The van der Waals surface area contributed by atoms with Crippen molar-refractivity contribution in [1.82, 2.24) is 20.2 Å². The van der Waals surface area contributed by atoms with Gasteiger partial charge in [-0.15, -0.1) is 11.7 Å². The van der Waals surface area contributed by atoms with Gasteiger partial charge in [0.2, 0.25) is 5.16 Å². The van der Waals surface area contributed by atoms with Gasteiger partial charge in [-0.2, -0.15) is 4.68 Å². The summed E-state index contributed by atoms with van der Waals surface area (Å²) in [7, 11) is 0. The molecule has 1 aromatic heterocycles. The topological polar surface area (TPSA) is 43.6 Å². The van der Waals surface area contributed by atoms with Crippen molar-refractivity contribution in [3.05, 3.63) is 41.9 Å². The molecule has 0 unspecified atom stereocenters. The number of aromatic nitrogens is 4. The summed E-state index contributed by atoms with van der Waals surface area (Å²) < 4.78 is 1.67. The highest BCUT2D eigenvalue weighted by molar-refractivity contribution is 7.99. The van der Waals surface area contributed by atoms with Gasteiger partial charge in [0, 0.05) is 10.8 Å². The van der Waals surface area contributed by atoms with E-state index in [0.29, 0.717) is 5.02 Å². The number of nitrogens with zero attached hydrogens (tertiary/aromatic N) is 4. The first-order valence-electron chi connectivity index (χ1n) is 4.59.